The van der Waals surface area contributed by atoms with Gasteiger partial charge >= 0.3 is 7.75 Å². The summed E-state index contributed by atoms with van der Waals surface area (Å²) in [7, 11) is -10.4. The largest absolute Gasteiger partial charge is 0.408 e. The van der Waals surface area contributed by atoms with Crippen molar-refractivity contribution in [1.29, 1.82) is 10.5 Å². The quantitative estimate of drug-likeness (QED) is 0.0169. The molecule has 4 aromatic heterocycles. The molecule has 0 saturated carbocycles. The fourth-order valence-corrected chi connectivity index (χ4v) is 16.0. The first kappa shape index (κ1) is 69.8. The first-order valence-electron chi connectivity index (χ1n) is 32.6. The van der Waals surface area contributed by atoms with Gasteiger partial charge in [-0.1, -0.05) is 169 Å². The summed E-state index contributed by atoms with van der Waals surface area (Å²) in [5.41, 5.74) is 3.60. The Hall–Kier alpha value is -8.54. The minimum absolute atomic E-state index is 0.149. The van der Waals surface area contributed by atoms with Gasteiger partial charge in [0.2, 0.25) is 0 Å². The highest BCUT2D eigenvalue weighted by Gasteiger charge is 2.57. The molecule has 5 aromatic carbocycles. The number of hydrogen-bond donors (Lipinski definition) is 4. The first-order valence-corrected chi connectivity index (χ1v) is 39.9. The molecule has 26 heteroatoms. The summed E-state index contributed by atoms with van der Waals surface area (Å²) in [6, 6.07) is 50.5. The zero-order valence-electron chi connectivity index (χ0n) is 56.2. The van der Waals surface area contributed by atoms with Crippen molar-refractivity contribution in [3.8, 4) is 12.1 Å². The average Bonchev–Trinajstić information content (AvgIpc) is 1.72. The van der Waals surface area contributed by atoms with Crippen molar-refractivity contribution in [2.45, 2.75) is 158 Å². The number of hydrogen-bond acceptors (Lipinski definition) is 18. The monoisotopic (exact) mass is 1360 g/mol. The number of carbonyl (C=O) groups is 2. The lowest BCUT2D eigenvalue weighted by Crippen LogP contribution is -2.59. The number of anilines is 2. The molecule has 9 aromatic rings. The van der Waals surface area contributed by atoms with Crippen LogP contribution in [0.2, 0.25) is 36.3 Å². The van der Waals surface area contributed by atoms with E-state index in [9.17, 15) is 20.1 Å². The lowest BCUT2D eigenvalue weighted by molar-refractivity contribution is -0.0453. The van der Waals surface area contributed by atoms with E-state index in [1.807, 2.05) is 66.7 Å². The summed E-state index contributed by atoms with van der Waals surface area (Å²) < 4.78 is 63.4. The van der Waals surface area contributed by atoms with E-state index in [0.29, 0.717) is 40.8 Å². The lowest BCUT2D eigenvalue weighted by atomic mass is 9.76. The number of unbranched alkanes of at least 4 members (excludes halogenated alkanes) is 1. The molecule has 0 spiro atoms. The second kappa shape index (κ2) is 29.3. The normalized spacial score (nSPS) is 20.7. The van der Waals surface area contributed by atoms with Crippen molar-refractivity contribution in [2.75, 3.05) is 23.8 Å². The predicted molar refractivity (Wildman–Crippen MR) is 374 cm³/mol. The van der Waals surface area contributed by atoms with Crippen LogP contribution in [0, 0.1) is 22.7 Å². The van der Waals surface area contributed by atoms with E-state index in [4.69, 9.17) is 42.3 Å². The molecule has 9 atom stereocenters. The standard InChI is InChI=1S/C71H83N14O9PSi2/c1-69(2,3)96(7,8)93-59-55(82-71(50-33-20-13-21-34-50,51-35-22-14-23-36-51)52-37-24-15-25-38-52)54(92-67(59)84-46-78-57-61(74-44-76-63(57)84)80-65(86)48-29-16-11-17-30-48)43-90-95(88,89-42-28-41-73)83-56-53(39-26-27-40-72)91-68(60(56)94-97(9,10)70(4,5)6)85-47-79-58-62(75-45-77-64(58)85)81-66(87)49-31-18-12-19-32-49/h11-25,29-38,44-47,53-56,59-60,67-68,82H,26-28,39,42-43H2,1-10H3,(H,83,88)(H,74,76,80,86)(H,75,77,81,87)/t53-,54+,55+,56+,59+,60+,67+,68+,95?/m0/s1. The number of nitrogens with zero attached hydrogens (tertiary/aromatic N) is 10. The SMILES string of the molecule is CC(C)(C)[Si](C)(C)O[C@@H]1[C@H](NP(=O)(OCCC#N)OC[C@H]2O[C@@H](n3cnc4c(NC(=O)c5ccccc5)ncnc43)[C@H](O[Si](C)(C)C(C)(C)C)[C@@H]2NC(c2ccccc2)(c2ccccc2)c2ccccc2)[C@H](CCCC#N)O[C@H]1n1cnc2c(NC(=O)c3ccccc3)ncnc21. The van der Waals surface area contributed by atoms with E-state index in [1.54, 1.807) is 70.3 Å². The van der Waals surface area contributed by atoms with E-state index in [-0.39, 0.29) is 46.7 Å². The van der Waals surface area contributed by atoms with Gasteiger partial charge in [-0.2, -0.15) is 10.5 Å². The number of nitrogens with one attached hydrogen (secondary N) is 4. The second-order valence-corrected chi connectivity index (χ2v) is 38.6. The molecule has 2 fully saturated rings. The molecule has 6 heterocycles. The van der Waals surface area contributed by atoms with Crippen LogP contribution in [0.1, 0.15) is 117 Å². The Morgan fingerprint density at radius 3 is 1.39 bits per heavy atom. The Balaban J connectivity index is 1.04. The van der Waals surface area contributed by atoms with Gasteiger partial charge in [0.25, 0.3) is 11.8 Å². The number of amides is 2. The van der Waals surface area contributed by atoms with Gasteiger partial charge < -0.3 is 29.0 Å². The molecule has 97 heavy (non-hydrogen) atoms. The third kappa shape index (κ3) is 15.0. The molecule has 0 aliphatic carbocycles. The van der Waals surface area contributed by atoms with Crippen LogP contribution in [-0.2, 0) is 37.5 Å². The molecule has 2 saturated heterocycles. The molecular formula is C71H83N14O9PSi2. The number of rotatable bonds is 26. The van der Waals surface area contributed by atoms with E-state index in [2.05, 4.69) is 152 Å². The molecule has 11 rings (SSSR count). The molecule has 23 nitrogen and oxygen atoms in total. The van der Waals surface area contributed by atoms with E-state index >= 15 is 4.57 Å². The van der Waals surface area contributed by atoms with Crippen molar-refractivity contribution in [1.82, 2.24) is 49.4 Å². The Morgan fingerprint density at radius 1 is 0.557 bits per heavy atom. The van der Waals surface area contributed by atoms with Crippen molar-refractivity contribution in [3.63, 3.8) is 0 Å². The van der Waals surface area contributed by atoms with Gasteiger partial charge in [0, 0.05) is 17.5 Å². The van der Waals surface area contributed by atoms with Gasteiger partial charge in [-0.3, -0.25) is 33.1 Å². The maximum absolute atomic E-state index is 16.6. The number of ether oxygens (including phenoxy) is 2. The number of imidazole rings is 2. The molecule has 504 valence electrons. The summed E-state index contributed by atoms with van der Waals surface area (Å²) in [5.74, 6) is -0.441. The molecule has 2 aliphatic rings. The zero-order chi connectivity index (χ0) is 68.8. The highest BCUT2D eigenvalue weighted by molar-refractivity contribution is 7.51. The van der Waals surface area contributed by atoms with E-state index in [0.717, 1.165) is 16.7 Å². The van der Waals surface area contributed by atoms with Crippen molar-refractivity contribution in [2.24, 2.45) is 0 Å². The molecule has 4 N–H and O–H groups in total. The number of fused-ring (bicyclic) bond motifs is 2. The van der Waals surface area contributed by atoms with Crippen LogP contribution in [-0.4, -0.2) is 117 Å². The number of benzene rings is 5. The number of nitriles is 2. The molecule has 2 aliphatic heterocycles. The van der Waals surface area contributed by atoms with Crippen molar-refractivity contribution >= 4 is 70.2 Å². The van der Waals surface area contributed by atoms with Gasteiger partial charge in [0.1, 0.15) is 31.0 Å². The molecular weight excluding hydrogens is 1280 g/mol. The zero-order valence-corrected chi connectivity index (χ0v) is 59.1. The fourth-order valence-electron chi connectivity index (χ4n) is 11.8. The maximum atomic E-state index is 16.6. The average molecular weight is 1360 g/mol. The Bertz CT molecular complexity index is 4220. The third-order valence-electron chi connectivity index (χ3n) is 18.9. The molecule has 1 unspecified atom stereocenters. The smallest absolute Gasteiger partial charge is 0.406 e. The summed E-state index contributed by atoms with van der Waals surface area (Å²) in [4.78, 5) is 55.4. The molecule has 2 amide bonds. The van der Waals surface area contributed by atoms with Crippen molar-refractivity contribution in [3.05, 3.63) is 205 Å². The molecule has 0 bridgehead atoms. The van der Waals surface area contributed by atoms with Crippen LogP contribution in [0.25, 0.3) is 22.3 Å². The fraction of sp³-hybridized carbons (Fsp3) is 0.380. The first-order chi connectivity index (χ1) is 46.5. The van der Waals surface area contributed by atoms with E-state index in [1.165, 1.54) is 12.7 Å². The molecule has 0 radical (unpaired) electrons. The van der Waals surface area contributed by atoms with Gasteiger partial charge in [0.15, 0.2) is 63.1 Å². The topological polar surface area (TPSA) is 289 Å². The van der Waals surface area contributed by atoms with Crippen molar-refractivity contribution < 1.29 is 41.5 Å². The predicted octanol–water partition coefficient (Wildman–Crippen LogP) is 13.4. The number of carbonyl (C=O) groups excluding carboxylic acids is 2. The highest BCUT2D eigenvalue weighted by atomic mass is 31.2. The summed E-state index contributed by atoms with van der Waals surface area (Å²) >= 11 is 0. The van der Waals surface area contributed by atoms with Gasteiger partial charge in [0.05, 0.1) is 68.2 Å². The van der Waals surface area contributed by atoms with Crippen LogP contribution in [0.15, 0.2) is 177 Å². The van der Waals surface area contributed by atoms with Gasteiger partial charge in [-0.25, -0.2) is 39.6 Å². The van der Waals surface area contributed by atoms with Crippen LogP contribution < -0.4 is 21.0 Å². The van der Waals surface area contributed by atoms with Gasteiger partial charge in [-0.05, 0) is 90.1 Å². The van der Waals surface area contributed by atoms with E-state index < -0.39 is 97.3 Å². The lowest BCUT2D eigenvalue weighted by Gasteiger charge is -2.44. The van der Waals surface area contributed by atoms with Crippen LogP contribution in [0.5, 0.6) is 0 Å². The number of aromatic nitrogens is 8. The summed E-state index contributed by atoms with van der Waals surface area (Å²) in [6.45, 7) is 20.7. The van der Waals surface area contributed by atoms with Crippen LogP contribution >= 0.6 is 7.75 Å². The maximum Gasteiger partial charge on any atom is 0.406 e. The van der Waals surface area contributed by atoms with Crippen LogP contribution in [0.4, 0.5) is 11.6 Å². The highest BCUT2D eigenvalue weighted by Crippen LogP contribution is 2.52. The Morgan fingerprint density at radius 2 is 0.969 bits per heavy atom. The van der Waals surface area contributed by atoms with Crippen LogP contribution in [0.3, 0.4) is 0 Å². The second-order valence-electron chi connectivity index (χ2n) is 27.3. The Labute approximate surface area is 567 Å². The minimum atomic E-state index is -4.71. The minimum Gasteiger partial charge on any atom is -0.408 e. The van der Waals surface area contributed by atoms with Gasteiger partial charge in [-0.15, -0.1) is 0 Å². The summed E-state index contributed by atoms with van der Waals surface area (Å²) in [5, 5.41) is 32.7. The third-order valence-corrected chi connectivity index (χ3v) is 29.5. The Kier molecular flexibility index (Phi) is 21.1. The summed E-state index contributed by atoms with van der Waals surface area (Å²) in [6.07, 6.45) is 0.791.